The zero-order valence-electron chi connectivity index (χ0n) is 19.9. The highest BCUT2D eigenvalue weighted by Gasteiger charge is 2.64. The van der Waals surface area contributed by atoms with Gasteiger partial charge in [-0.1, -0.05) is 12.1 Å². The molecule has 2 heterocycles. The Morgan fingerprint density at radius 2 is 1.70 bits per heavy atom. The molecular formula is C25H21F4N4O3Si. The van der Waals surface area contributed by atoms with Crippen LogP contribution >= 0.6 is 0 Å². The largest absolute Gasteiger partial charge is 0.416 e. The first kappa shape index (κ1) is 26.3. The molecule has 7 nitrogen and oxygen atoms in total. The number of likely N-dealkylation sites (tertiary alicyclic amines) is 1. The molecule has 0 saturated carbocycles. The number of alkyl halides is 3. The molecule has 12 heteroatoms. The molecule has 37 heavy (non-hydrogen) atoms. The van der Waals surface area contributed by atoms with E-state index in [1.165, 1.54) is 41.0 Å². The van der Waals surface area contributed by atoms with E-state index in [0.717, 1.165) is 23.1 Å². The lowest BCUT2D eigenvalue weighted by atomic mass is 9.77. The topological polar surface area (TPSA) is 84.7 Å². The number of nitriles is 1. The third-order valence-electron chi connectivity index (χ3n) is 7.00. The monoisotopic (exact) mass is 529 g/mol. The van der Waals surface area contributed by atoms with Crippen molar-refractivity contribution in [3.05, 3.63) is 65.0 Å². The lowest BCUT2D eigenvalue weighted by Gasteiger charge is -2.62. The number of hydrogen-bond donors (Lipinski definition) is 0. The zero-order chi connectivity index (χ0) is 27.3. The molecule has 3 radical (unpaired) electrons. The summed E-state index contributed by atoms with van der Waals surface area (Å²) in [4.78, 5) is 43.3. The Balaban J connectivity index is 1.80. The number of carbonyl (C=O) groups is 3. The van der Waals surface area contributed by atoms with Crippen LogP contribution in [0.25, 0.3) is 0 Å². The Hall–Kier alpha value is -3.72. The predicted octanol–water partition coefficient (Wildman–Crippen LogP) is 2.99. The standard InChI is InChI=1S/C25H21F4N4O3Si/c1-15(34)31-12-24(13-31)22(36)32(20-8-3-16(10-30)9-19(20)26)11-21(35)33(24)23(2,14-37)17-4-6-18(7-5-17)25(27,28)29/h3-9H,11-14H2,1-2H3/t23-/m0/s1. The summed E-state index contributed by atoms with van der Waals surface area (Å²) in [6, 6.07) is 9.69. The van der Waals surface area contributed by atoms with E-state index in [9.17, 15) is 31.9 Å². The van der Waals surface area contributed by atoms with Gasteiger partial charge in [-0.3, -0.25) is 19.3 Å². The summed E-state index contributed by atoms with van der Waals surface area (Å²) < 4.78 is 54.3. The highest BCUT2D eigenvalue weighted by molar-refractivity contribution is 6.13. The first-order valence-electron chi connectivity index (χ1n) is 11.2. The van der Waals surface area contributed by atoms with E-state index >= 15 is 0 Å². The highest BCUT2D eigenvalue weighted by Crippen LogP contribution is 2.45. The van der Waals surface area contributed by atoms with Crippen molar-refractivity contribution < 1.29 is 31.9 Å². The number of halogens is 4. The third-order valence-corrected chi connectivity index (χ3v) is 7.69. The molecule has 2 aliphatic rings. The van der Waals surface area contributed by atoms with Gasteiger partial charge in [-0.05, 0) is 48.9 Å². The van der Waals surface area contributed by atoms with Crippen LogP contribution in [-0.4, -0.2) is 62.9 Å². The number of anilines is 1. The fourth-order valence-electron chi connectivity index (χ4n) is 5.01. The predicted molar refractivity (Wildman–Crippen MR) is 125 cm³/mol. The summed E-state index contributed by atoms with van der Waals surface area (Å²) in [6.07, 6.45) is -4.55. The average molecular weight is 530 g/mol. The lowest BCUT2D eigenvalue weighted by molar-refractivity contribution is -0.178. The molecule has 2 aliphatic heterocycles. The molecule has 2 aromatic rings. The molecule has 0 bridgehead atoms. The molecular weight excluding hydrogens is 508 g/mol. The van der Waals surface area contributed by atoms with E-state index in [-0.39, 0.29) is 36.3 Å². The quantitative estimate of drug-likeness (QED) is 0.450. The molecule has 3 amide bonds. The van der Waals surface area contributed by atoms with Crippen LogP contribution < -0.4 is 4.90 Å². The number of piperazine rings is 1. The number of nitrogens with zero attached hydrogens (tertiary/aromatic N) is 4. The minimum Gasteiger partial charge on any atom is -0.337 e. The van der Waals surface area contributed by atoms with Gasteiger partial charge in [-0.25, -0.2) is 4.39 Å². The van der Waals surface area contributed by atoms with Crippen LogP contribution in [0.5, 0.6) is 0 Å². The molecule has 4 rings (SSSR count). The van der Waals surface area contributed by atoms with Crippen molar-refractivity contribution in [2.45, 2.75) is 37.1 Å². The van der Waals surface area contributed by atoms with Gasteiger partial charge in [-0.2, -0.15) is 18.4 Å². The number of rotatable bonds is 4. The first-order chi connectivity index (χ1) is 17.3. The fourth-order valence-corrected chi connectivity index (χ4v) is 5.38. The van der Waals surface area contributed by atoms with Crippen molar-refractivity contribution in [1.82, 2.24) is 9.80 Å². The summed E-state index contributed by atoms with van der Waals surface area (Å²) in [5, 5.41) is 9.03. The van der Waals surface area contributed by atoms with E-state index in [2.05, 4.69) is 10.2 Å². The van der Waals surface area contributed by atoms with Crippen molar-refractivity contribution in [3.8, 4) is 6.07 Å². The fraction of sp³-hybridized carbons (Fsp3) is 0.360. The summed E-state index contributed by atoms with van der Waals surface area (Å²) >= 11 is 0. The molecule has 0 N–H and O–H groups in total. The Morgan fingerprint density at radius 1 is 1.11 bits per heavy atom. The average Bonchev–Trinajstić information content (AvgIpc) is 2.82. The maximum absolute atomic E-state index is 14.9. The highest BCUT2D eigenvalue weighted by atomic mass is 28.1. The summed E-state index contributed by atoms with van der Waals surface area (Å²) in [5.74, 6) is -2.40. The van der Waals surface area contributed by atoms with Crippen molar-refractivity contribution >= 4 is 33.7 Å². The van der Waals surface area contributed by atoms with Crippen molar-refractivity contribution in [2.75, 3.05) is 24.5 Å². The summed E-state index contributed by atoms with van der Waals surface area (Å²) in [6.45, 7) is 2.06. The SMILES string of the molecule is CC(=O)N1CC2(C1)C(=O)N(c1ccc(C#N)cc1F)CC(=O)N2[C@@](C)(C[Si])c1ccc(C(F)(F)F)cc1. The third kappa shape index (κ3) is 4.17. The molecule has 0 unspecified atom stereocenters. The molecule has 1 spiro atoms. The van der Waals surface area contributed by atoms with Crippen LogP contribution in [0.3, 0.4) is 0 Å². The van der Waals surface area contributed by atoms with Gasteiger partial charge in [-0.15, -0.1) is 0 Å². The maximum Gasteiger partial charge on any atom is 0.416 e. The zero-order valence-corrected chi connectivity index (χ0v) is 20.9. The van der Waals surface area contributed by atoms with E-state index in [4.69, 9.17) is 5.26 Å². The van der Waals surface area contributed by atoms with E-state index in [1.807, 2.05) is 0 Å². The molecule has 1 atom stereocenters. The molecule has 2 saturated heterocycles. The second-order valence-corrected chi connectivity index (χ2v) is 9.68. The smallest absolute Gasteiger partial charge is 0.337 e. The number of hydrogen-bond acceptors (Lipinski definition) is 4. The summed E-state index contributed by atoms with van der Waals surface area (Å²) in [7, 11) is 3.43. The van der Waals surface area contributed by atoms with Crippen molar-refractivity contribution in [3.63, 3.8) is 0 Å². The van der Waals surface area contributed by atoms with Crippen molar-refractivity contribution in [1.29, 1.82) is 5.26 Å². The van der Waals surface area contributed by atoms with Crippen LogP contribution in [0.1, 0.15) is 30.5 Å². The number of carbonyl (C=O) groups excluding carboxylic acids is 3. The minimum atomic E-state index is -4.55. The van der Waals surface area contributed by atoms with Gasteiger partial charge < -0.3 is 9.80 Å². The number of amides is 3. The van der Waals surface area contributed by atoms with Gasteiger partial charge in [0.1, 0.15) is 12.4 Å². The Morgan fingerprint density at radius 3 is 2.19 bits per heavy atom. The first-order valence-corrected chi connectivity index (χ1v) is 11.9. The van der Waals surface area contributed by atoms with Crippen LogP contribution in [0.15, 0.2) is 42.5 Å². The van der Waals surface area contributed by atoms with Crippen LogP contribution in [0.4, 0.5) is 23.2 Å². The minimum absolute atomic E-state index is 0.0358. The van der Waals surface area contributed by atoms with E-state index in [0.29, 0.717) is 5.56 Å². The second kappa shape index (κ2) is 8.99. The van der Waals surface area contributed by atoms with Crippen molar-refractivity contribution in [2.24, 2.45) is 0 Å². The van der Waals surface area contributed by atoms with E-state index in [1.54, 1.807) is 13.0 Å². The number of benzene rings is 2. The van der Waals surface area contributed by atoms with Gasteiger partial charge in [0.2, 0.25) is 11.8 Å². The van der Waals surface area contributed by atoms with Gasteiger partial charge in [0.25, 0.3) is 5.91 Å². The molecule has 191 valence electrons. The Bertz CT molecular complexity index is 1320. The van der Waals surface area contributed by atoms with Gasteiger partial charge in [0.15, 0.2) is 5.54 Å². The van der Waals surface area contributed by atoms with Crippen LogP contribution in [0.2, 0.25) is 6.04 Å². The van der Waals surface area contributed by atoms with Gasteiger partial charge in [0, 0.05) is 17.2 Å². The van der Waals surface area contributed by atoms with Crippen LogP contribution in [0, 0.1) is 17.1 Å². The maximum atomic E-state index is 14.9. The summed E-state index contributed by atoms with van der Waals surface area (Å²) in [5.41, 5.74) is -3.54. The Labute approximate surface area is 213 Å². The normalized spacial score (nSPS) is 18.9. The molecule has 0 aromatic heterocycles. The second-order valence-electron chi connectivity index (χ2n) is 9.33. The molecule has 2 aromatic carbocycles. The lowest BCUT2D eigenvalue weighted by Crippen LogP contribution is -2.83. The van der Waals surface area contributed by atoms with Gasteiger partial charge >= 0.3 is 6.18 Å². The molecule has 0 aliphatic carbocycles. The van der Waals surface area contributed by atoms with Crippen LogP contribution in [-0.2, 0) is 26.1 Å². The molecule has 2 fully saturated rings. The van der Waals surface area contributed by atoms with E-state index < -0.39 is 47.0 Å². The van der Waals surface area contributed by atoms with Gasteiger partial charge in [0.05, 0.1) is 41.5 Å². The Kier molecular flexibility index (Phi) is 6.40.